The Balaban J connectivity index is 1.43. The quantitative estimate of drug-likeness (QED) is 0.583. The van der Waals surface area contributed by atoms with Crippen molar-refractivity contribution in [1.82, 2.24) is 5.32 Å². The number of alkyl carbamates (subject to hydrolysis) is 1. The number of carbonyl (C=O) groups excluding carboxylic acids is 1. The summed E-state index contributed by atoms with van der Waals surface area (Å²) in [6.45, 7) is 4.33. The maximum absolute atomic E-state index is 12.5. The van der Waals surface area contributed by atoms with Crippen LogP contribution in [-0.4, -0.2) is 24.4 Å². The average Bonchev–Trinajstić information content (AvgIpc) is 3.10. The molecular formula is C26H27NO3. The predicted octanol–water partition coefficient (Wildman–Crippen LogP) is 5.38. The third kappa shape index (κ3) is 3.96. The molecule has 4 nitrogen and oxygen atoms in total. The molecule has 1 amide bonds. The number of carbonyl (C=O) groups is 1. The zero-order valence-corrected chi connectivity index (χ0v) is 17.3. The van der Waals surface area contributed by atoms with E-state index in [2.05, 4.69) is 43.4 Å². The van der Waals surface area contributed by atoms with Crippen molar-refractivity contribution in [3.05, 3.63) is 95.1 Å². The number of amides is 1. The Bertz CT molecular complexity index is 981. The summed E-state index contributed by atoms with van der Waals surface area (Å²) in [6.07, 6.45) is -0.524. The van der Waals surface area contributed by atoms with Crippen LogP contribution in [0.1, 0.15) is 54.0 Å². The Hall–Kier alpha value is -3.11. The van der Waals surface area contributed by atoms with E-state index in [1.54, 1.807) is 0 Å². The zero-order valence-electron chi connectivity index (χ0n) is 17.3. The number of hydrogen-bond acceptors (Lipinski definition) is 3. The van der Waals surface area contributed by atoms with Gasteiger partial charge in [0, 0.05) is 5.92 Å². The van der Waals surface area contributed by atoms with Gasteiger partial charge in [-0.15, -0.1) is 0 Å². The summed E-state index contributed by atoms with van der Waals surface area (Å²) in [5.41, 5.74) is 6.82. The lowest BCUT2D eigenvalue weighted by Gasteiger charge is -2.19. The fourth-order valence-electron chi connectivity index (χ4n) is 4.13. The minimum Gasteiger partial charge on any atom is -0.449 e. The van der Waals surface area contributed by atoms with Crippen molar-refractivity contribution in [1.29, 1.82) is 0 Å². The molecule has 1 atom stereocenters. The van der Waals surface area contributed by atoms with Crippen LogP contribution in [0.3, 0.4) is 0 Å². The summed E-state index contributed by atoms with van der Waals surface area (Å²) in [4.78, 5) is 12.5. The summed E-state index contributed by atoms with van der Waals surface area (Å²) in [7, 11) is 0. The van der Waals surface area contributed by atoms with Crippen LogP contribution in [0.2, 0.25) is 0 Å². The molecule has 4 rings (SSSR count). The topological polar surface area (TPSA) is 58.6 Å². The van der Waals surface area contributed by atoms with E-state index < -0.39 is 12.1 Å². The van der Waals surface area contributed by atoms with Gasteiger partial charge in [0.1, 0.15) is 6.61 Å². The van der Waals surface area contributed by atoms with Crippen LogP contribution in [0.5, 0.6) is 0 Å². The van der Waals surface area contributed by atoms with Crippen LogP contribution in [0.4, 0.5) is 4.79 Å². The third-order valence-corrected chi connectivity index (χ3v) is 5.82. The normalized spacial score (nSPS) is 13.6. The molecule has 154 valence electrons. The van der Waals surface area contributed by atoms with Crippen molar-refractivity contribution in [2.24, 2.45) is 0 Å². The van der Waals surface area contributed by atoms with Crippen molar-refractivity contribution in [3.8, 4) is 11.1 Å². The molecule has 3 aromatic rings. The van der Waals surface area contributed by atoms with Crippen LogP contribution < -0.4 is 5.32 Å². The first-order valence-electron chi connectivity index (χ1n) is 10.4. The van der Waals surface area contributed by atoms with E-state index >= 15 is 0 Å². The lowest BCUT2D eigenvalue weighted by Crippen LogP contribution is -2.32. The molecule has 0 aliphatic heterocycles. The second-order valence-corrected chi connectivity index (χ2v) is 8.03. The Labute approximate surface area is 177 Å². The third-order valence-electron chi connectivity index (χ3n) is 5.82. The Morgan fingerprint density at radius 1 is 0.900 bits per heavy atom. The van der Waals surface area contributed by atoms with E-state index in [-0.39, 0.29) is 19.1 Å². The predicted molar refractivity (Wildman–Crippen MR) is 119 cm³/mol. The summed E-state index contributed by atoms with van der Waals surface area (Å²) >= 11 is 0. The minimum atomic E-state index is -0.524. The molecule has 0 heterocycles. The molecule has 3 aromatic carbocycles. The Morgan fingerprint density at radius 2 is 1.43 bits per heavy atom. The molecule has 4 heteroatoms. The number of benzene rings is 3. The van der Waals surface area contributed by atoms with Gasteiger partial charge in [0.15, 0.2) is 0 Å². The molecule has 0 fully saturated rings. The smallest absolute Gasteiger partial charge is 0.407 e. The van der Waals surface area contributed by atoms with Gasteiger partial charge in [-0.25, -0.2) is 4.79 Å². The van der Waals surface area contributed by atoms with E-state index in [0.29, 0.717) is 5.92 Å². The number of ether oxygens (including phenoxy) is 1. The monoisotopic (exact) mass is 401 g/mol. The highest BCUT2D eigenvalue weighted by molar-refractivity contribution is 5.79. The first-order chi connectivity index (χ1) is 14.6. The zero-order chi connectivity index (χ0) is 21.1. The first-order valence-corrected chi connectivity index (χ1v) is 10.4. The Morgan fingerprint density at radius 3 is 1.97 bits per heavy atom. The molecule has 0 aromatic heterocycles. The van der Waals surface area contributed by atoms with Gasteiger partial charge in [0.25, 0.3) is 0 Å². The van der Waals surface area contributed by atoms with E-state index in [9.17, 15) is 9.90 Å². The highest BCUT2D eigenvalue weighted by Gasteiger charge is 2.29. The summed E-state index contributed by atoms with van der Waals surface area (Å²) in [5.74, 6) is 0.447. The van der Waals surface area contributed by atoms with E-state index in [0.717, 1.165) is 5.56 Å². The molecule has 1 aliphatic rings. The summed E-state index contributed by atoms with van der Waals surface area (Å²) < 4.78 is 5.59. The van der Waals surface area contributed by atoms with Crippen molar-refractivity contribution in [3.63, 3.8) is 0 Å². The molecule has 30 heavy (non-hydrogen) atoms. The SMILES string of the molecule is CC(C)c1ccc(C(CO)NC(=O)OCC2c3ccccc3-c3ccccc32)cc1. The van der Waals surface area contributed by atoms with Gasteiger partial charge in [-0.3, -0.25) is 0 Å². The van der Waals surface area contributed by atoms with Crippen molar-refractivity contribution in [2.75, 3.05) is 13.2 Å². The second-order valence-electron chi connectivity index (χ2n) is 8.03. The maximum atomic E-state index is 12.5. The molecule has 0 bridgehead atoms. The van der Waals surface area contributed by atoms with E-state index in [4.69, 9.17) is 4.74 Å². The van der Waals surface area contributed by atoms with Crippen LogP contribution in [0.25, 0.3) is 11.1 Å². The average molecular weight is 402 g/mol. The van der Waals surface area contributed by atoms with Gasteiger partial charge >= 0.3 is 6.09 Å². The minimum absolute atomic E-state index is 0.0149. The van der Waals surface area contributed by atoms with Crippen LogP contribution in [0, 0.1) is 0 Å². The number of fused-ring (bicyclic) bond motifs is 3. The molecule has 0 spiro atoms. The highest BCUT2D eigenvalue weighted by Crippen LogP contribution is 2.44. The lowest BCUT2D eigenvalue weighted by atomic mass is 9.98. The molecule has 0 saturated heterocycles. The van der Waals surface area contributed by atoms with Crippen LogP contribution in [0.15, 0.2) is 72.8 Å². The fraction of sp³-hybridized carbons (Fsp3) is 0.269. The number of rotatable bonds is 6. The number of hydrogen-bond donors (Lipinski definition) is 2. The molecule has 2 N–H and O–H groups in total. The van der Waals surface area contributed by atoms with Crippen LogP contribution >= 0.6 is 0 Å². The van der Waals surface area contributed by atoms with Gasteiger partial charge < -0.3 is 15.2 Å². The van der Waals surface area contributed by atoms with Gasteiger partial charge in [-0.1, -0.05) is 86.6 Å². The summed E-state index contributed by atoms with van der Waals surface area (Å²) in [6, 6.07) is 23.9. The van der Waals surface area contributed by atoms with Gasteiger partial charge in [0.05, 0.1) is 12.6 Å². The maximum Gasteiger partial charge on any atom is 0.407 e. The van der Waals surface area contributed by atoms with Crippen molar-refractivity contribution in [2.45, 2.75) is 31.7 Å². The first kappa shape index (κ1) is 20.2. The molecule has 1 unspecified atom stereocenters. The molecule has 1 aliphatic carbocycles. The fourth-order valence-corrected chi connectivity index (χ4v) is 4.13. The van der Waals surface area contributed by atoms with Gasteiger partial charge in [0.2, 0.25) is 0 Å². The van der Waals surface area contributed by atoms with Gasteiger partial charge in [-0.2, -0.15) is 0 Å². The summed E-state index contributed by atoms with van der Waals surface area (Å²) in [5, 5.41) is 12.6. The van der Waals surface area contributed by atoms with Crippen molar-refractivity contribution < 1.29 is 14.6 Å². The standard InChI is InChI=1S/C26H27NO3/c1-17(2)18-11-13-19(14-12-18)25(15-28)27-26(29)30-16-24-22-9-5-3-7-20(22)21-8-4-6-10-23(21)24/h3-14,17,24-25,28H,15-16H2,1-2H3,(H,27,29). The largest absolute Gasteiger partial charge is 0.449 e. The lowest BCUT2D eigenvalue weighted by molar-refractivity contribution is 0.132. The molecular weight excluding hydrogens is 374 g/mol. The number of nitrogens with one attached hydrogen (secondary N) is 1. The van der Waals surface area contributed by atoms with E-state index in [1.807, 2.05) is 48.5 Å². The molecule has 0 saturated carbocycles. The second kappa shape index (κ2) is 8.72. The van der Waals surface area contributed by atoms with Gasteiger partial charge in [-0.05, 0) is 39.3 Å². The number of aliphatic hydroxyl groups excluding tert-OH is 1. The molecule has 0 radical (unpaired) electrons. The van der Waals surface area contributed by atoms with E-state index in [1.165, 1.54) is 27.8 Å². The Kier molecular flexibility index (Phi) is 5.86. The van der Waals surface area contributed by atoms with Crippen molar-refractivity contribution >= 4 is 6.09 Å². The van der Waals surface area contributed by atoms with Crippen LogP contribution in [-0.2, 0) is 4.74 Å². The highest BCUT2D eigenvalue weighted by atomic mass is 16.5. The number of aliphatic hydroxyl groups is 1.